The molecule has 3 unspecified atom stereocenters. The molecule has 2 aliphatic heterocycles. The highest BCUT2D eigenvalue weighted by molar-refractivity contribution is 7.20. The molecule has 7 nitrogen and oxygen atoms in total. The summed E-state index contributed by atoms with van der Waals surface area (Å²) >= 11 is 7.43. The van der Waals surface area contributed by atoms with Gasteiger partial charge in [0.1, 0.15) is 6.10 Å². The van der Waals surface area contributed by atoms with E-state index < -0.39 is 17.5 Å². The van der Waals surface area contributed by atoms with Gasteiger partial charge in [-0.2, -0.15) is 0 Å². The normalized spacial score (nSPS) is 27.9. The number of piperidine rings is 1. The molecule has 0 amide bonds. The summed E-state index contributed by atoms with van der Waals surface area (Å²) in [5, 5.41) is 20.0. The average Bonchev–Trinajstić information content (AvgIpc) is 3.07. The summed E-state index contributed by atoms with van der Waals surface area (Å²) < 4.78 is 7.06. The summed E-state index contributed by atoms with van der Waals surface area (Å²) in [6, 6.07) is 5.57. The predicted octanol–water partition coefficient (Wildman–Crippen LogP) is 3.42. The fourth-order valence-electron chi connectivity index (χ4n) is 4.52. The van der Waals surface area contributed by atoms with Crippen molar-refractivity contribution in [2.45, 2.75) is 43.4 Å². The van der Waals surface area contributed by atoms with Crippen LogP contribution < -0.4 is 4.74 Å². The van der Waals surface area contributed by atoms with Crippen LogP contribution in [-0.2, 0) is 9.59 Å². The molecule has 28 heavy (non-hydrogen) atoms. The van der Waals surface area contributed by atoms with Gasteiger partial charge in [0.25, 0.3) is 5.19 Å². The van der Waals surface area contributed by atoms with Crippen molar-refractivity contribution in [2.75, 3.05) is 7.05 Å². The van der Waals surface area contributed by atoms with E-state index in [9.17, 15) is 14.7 Å². The number of benzene rings is 1. The van der Waals surface area contributed by atoms with Crippen LogP contribution in [0.1, 0.15) is 25.7 Å². The van der Waals surface area contributed by atoms with Gasteiger partial charge in [-0.1, -0.05) is 22.9 Å². The Morgan fingerprint density at radius 2 is 2.21 bits per heavy atom. The lowest BCUT2D eigenvalue weighted by molar-refractivity contribution is -0.137. The van der Waals surface area contributed by atoms with E-state index in [0.717, 1.165) is 29.1 Å². The third-order valence-electron chi connectivity index (χ3n) is 5.81. The van der Waals surface area contributed by atoms with Crippen LogP contribution >= 0.6 is 22.9 Å². The number of carboxylic acid groups (broad SMARTS) is 2. The number of hydrogen-bond donors (Lipinski definition) is 2. The zero-order valence-corrected chi connectivity index (χ0v) is 16.7. The Morgan fingerprint density at radius 1 is 1.43 bits per heavy atom. The molecule has 0 radical (unpaired) electrons. The second kappa shape index (κ2) is 7.02. The van der Waals surface area contributed by atoms with Gasteiger partial charge in [0.05, 0.1) is 21.3 Å². The maximum absolute atomic E-state index is 11.9. The van der Waals surface area contributed by atoms with E-state index in [1.807, 2.05) is 24.1 Å². The van der Waals surface area contributed by atoms with Crippen LogP contribution in [0.2, 0.25) is 5.02 Å². The highest BCUT2D eigenvalue weighted by atomic mass is 35.5. The average molecular weight is 423 g/mol. The van der Waals surface area contributed by atoms with Crippen LogP contribution in [0.4, 0.5) is 0 Å². The van der Waals surface area contributed by atoms with Gasteiger partial charge in [-0.15, -0.1) is 0 Å². The molecule has 2 saturated heterocycles. The van der Waals surface area contributed by atoms with Gasteiger partial charge in [-0.3, -0.25) is 4.90 Å². The number of carboxylic acids is 2. The molecule has 3 heterocycles. The van der Waals surface area contributed by atoms with Crippen LogP contribution in [0.3, 0.4) is 0 Å². The van der Waals surface area contributed by atoms with Crippen LogP contribution in [0, 0.1) is 0 Å². The van der Waals surface area contributed by atoms with Crippen molar-refractivity contribution < 1.29 is 24.5 Å². The number of fused-ring (bicyclic) bond motifs is 3. The highest BCUT2D eigenvalue weighted by Crippen LogP contribution is 2.48. The van der Waals surface area contributed by atoms with Crippen molar-refractivity contribution in [3.05, 3.63) is 34.9 Å². The van der Waals surface area contributed by atoms with Crippen molar-refractivity contribution in [2.24, 2.45) is 0 Å². The van der Waals surface area contributed by atoms with Crippen molar-refractivity contribution in [1.29, 1.82) is 0 Å². The lowest BCUT2D eigenvalue weighted by atomic mass is 9.80. The molecular formula is C19H19ClN2O5S. The van der Waals surface area contributed by atoms with Gasteiger partial charge in [-0.05, 0) is 38.1 Å². The Morgan fingerprint density at radius 3 is 2.93 bits per heavy atom. The van der Waals surface area contributed by atoms with Crippen molar-refractivity contribution in [3.8, 4) is 5.19 Å². The van der Waals surface area contributed by atoms with Gasteiger partial charge in [0, 0.05) is 30.0 Å². The summed E-state index contributed by atoms with van der Waals surface area (Å²) in [6.07, 6.45) is 3.13. The summed E-state index contributed by atoms with van der Waals surface area (Å²) in [4.78, 5) is 29.6. The second-order valence-electron chi connectivity index (χ2n) is 7.31. The van der Waals surface area contributed by atoms with E-state index in [0.29, 0.717) is 23.1 Å². The predicted molar refractivity (Wildman–Crippen MR) is 105 cm³/mol. The maximum atomic E-state index is 11.9. The topological polar surface area (TPSA) is 100.0 Å². The zero-order valence-electron chi connectivity index (χ0n) is 15.1. The zero-order chi connectivity index (χ0) is 20.1. The molecule has 4 rings (SSSR count). The number of ether oxygens (including phenoxy) is 1. The van der Waals surface area contributed by atoms with E-state index >= 15 is 0 Å². The Bertz CT molecular complexity index is 990. The quantitative estimate of drug-likeness (QED) is 0.712. The summed E-state index contributed by atoms with van der Waals surface area (Å²) in [5.74, 6) is -2.46. The molecule has 2 bridgehead atoms. The standard InChI is InChI=1S/C19H19ClN2O5S/c1-22-11-4-5-19(22,13(17(25)26)8-16(23)24)9-12(7-11)27-18-21-14-3-2-10(20)6-15(14)28-18/h2-3,6,8,11-12H,4-5,7,9H2,1H3,(H,23,24)(H,25,26)/b13-8-. The Kier molecular flexibility index (Phi) is 4.81. The number of nitrogens with zero attached hydrogens (tertiary/aromatic N) is 2. The minimum absolute atomic E-state index is 0.0885. The van der Waals surface area contributed by atoms with E-state index in [1.54, 1.807) is 6.07 Å². The SMILES string of the molecule is CN1C2CCC1(/C(=C\C(=O)O)C(=O)O)CC(Oc1nc3ccc(Cl)cc3s1)C2. The van der Waals surface area contributed by atoms with Crippen molar-refractivity contribution >= 4 is 45.1 Å². The summed E-state index contributed by atoms with van der Waals surface area (Å²) in [6.45, 7) is 0. The monoisotopic (exact) mass is 422 g/mol. The Hall–Kier alpha value is -2.16. The third-order valence-corrected chi connectivity index (χ3v) is 6.96. The molecule has 148 valence electrons. The first-order chi connectivity index (χ1) is 13.3. The van der Waals surface area contributed by atoms with E-state index in [-0.39, 0.29) is 17.7 Å². The first-order valence-electron chi connectivity index (χ1n) is 8.92. The fourth-order valence-corrected chi connectivity index (χ4v) is 5.68. The number of rotatable bonds is 5. The van der Waals surface area contributed by atoms with Crippen molar-refractivity contribution in [1.82, 2.24) is 9.88 Å². The molecule has 2 N–H and O–H groups in total. The number of aliphatic carboxylic acids is 2. The molecule has 1 aromatic heterocycles. The van der Waals surface area contributed by atoms with Gasteiger partial charge in [0.15, 0.2) is 0 Å². The number of halogens is 1. The molecule has 2 aromatic rings. The van der Waals surface area contributed by atoms with Crippen LogP contribution in [-0.4, -0.2) is 56.8 Å². The molecule has 9 heteroatoms. The molecule has 0 spiro atoms. The smallest absolute Gasteiger partial charge is 0.333 e. The number of hydrogen-bond acceptors (Lipinski definition) is 6. The van der Waals surface area contributed by atoms with Crippen LogP contribution in [0.5, 0.6) is 5.19 Å². The summed E-state index contributed by atoms with van der Waals surface area (Å²) in [5.41, 5.74) is -0.140. The van der Waals surface area contributed by atoms with Crippen LogP contribution in [0.15, 0.2) is 29.8 Å². The number of likely N-dealkylation sites (N-methyl/N-ethyl adjacent to an activating group) is 1. The largest absolute Gasteiger partial charge is 0.478 e. The van der Waals surface area contributed by atoms with E-state index in [2.05, 4.69) is 4.98 Å². The Labute approximate surface area is 170 Å². The van der Waals surface area contributed by atoms with Gasteiger partial charge < -0.3 is 14.9 Å². The first kappa shape index (κ1) is 19.2. The summed E-state index contributed by atoms with van der Waals surface area (Å²) in [7, 11) is 1.87. The molecule has 0 saturated carbocycles. The molecule has 0 aliphatic carbocycles. The van der Waals surface area contributed by atoms with Crippen LogP contribution in [0.25, 0.3) is 10.2 Å². The maximum Gasteiger partial charge on any atom is 0.333 e. The van der Waals surface area contributed by atoms with E-state index in [1.165, 1.54) is 11.3 Å². The lowest BCUT2D eigenvalue weighted by Crippen LogP contribution is -2.55. The minimum Gasteiger partial charge on any atom is -0.478 e. The number of thiazole rings is 1. The molecule has 2 aliphatic rings. The lowest BCUT2D eigenvalue weighted by Gasteiger charge is -2.45. The molecule has 2 fully saturated rings. The second-order valence-corrected chi connectivity index (χ2v) is 8.74. The minimum atomic E-state index is -1.25. The van der Waals surface area contributed by atoms with Gasteiger partial charge in [-0.25, -0.2) is 14.6 Å². The Balaban J connectivity index is 1.63. The molecular weight excluding hydrogens is 404 g/mol. The van der Waals surface area contributed by atoms with Gasteiger partial charge >= 0.3 is 11.9 Å². The number of aromatic nitrogens is 1. The van der Waals surface area contributed by atoms with Crippen molar-refractivity contribution in [3.63, 3.8) is 0 Å². The highest BCUT2D eigenvalue weighted by Gasteiger charge is 2.54. The molecule has 1 aromatic carbocycles. The third kappa shape index (κ3) is 3.25. The first-order valence-corrected chi connectivity index (χ1v) is 10.1. The number of carbonyl (C=O) groups is 2. The molecule has 3 atom stereocenters. The van der Waals surface area contributed by atoms with E-state index in [4.69, 9.17) is 21.4 Å². The van der Waals surface area contributed by atoms with Gasteiger partial charge in [0.2, 0.25) is 0 Å². The fraction of sp³-hybridized carbons (Fsp3) is 0.421.